The predicted molar refractivity (Wildman–Crippen MR) is 84.6 cm³/mol. The third-order valence-corrected chi connectivity index (χ3v) is 4.63. The van der Waals surface area contributed by atoms with Gasteiger partial charge in [0.15, 0.2) is 0 Å². The van der Waals surface area contributed by atoms with Crippen molar-refractivity contribution in [3.63, 3.8) is 0 Å². The highest BCUT2D eigenvalue weighted by Crippen LogP contribution is 2.35. The first-order valence-corrected chi connectivity index (χ1v) is 7.57. The molecule has 0 spiro atoms. The Hall–Kier alpha value is -1.96. The van der Waals surface area contributed by atoms with Crippen LogP contribution in [-0.4, -0.2) is 19.6 Å². The van der Waals surface area contributed by atoms with Gasteiger partial charge in [-0.05, 0) is 36.1 Å². The molecule has 0 aromatic heterocycles. The topological polar surface area (TPSA) is 15.3 Å². The van der Waals surface area contributed by atoms with E-state index in [2.05, 4.69) is 58.7 Å². The molecule has 2 heteroatoms. The molecule has 2 aromatic carbocycles. The Morgan fingerprint density at radius 2 is 1.90 bits per heavy atom. The van der Waals surface area contributed by atoms with Gasteiger partial charge in [0.05, 0.1) is 0 Å². The summed E-state index contributed by atoms with van der Waals surface area (Å²) in [5, 5.41) is 3.52. The summed E-state index contributed by atoms with van der Waals surface area (Å²) in [5.41, 5.74) is 5.78. The maximum atomic E-state index is 3.52. The summed E-state index contributed by atoms with van der Waals surface area (Å²) >= 11 is 0. The van der Waals surface area contributed by atoms with E-state index in [0.29, 0.717) is 5.92 Å². The molecule has 4 rings (SSSR count). The van der Waals surface area contributed by atoms with Gasteiger partial charge in [0.25, 0.3) is 0 Å². The van der Waals surface area contributed by atoms with Crippen molar-refractivity contribution in [2.75, 3.05) is 29.9 Å². The third kappa shape index (κ3) is 1.96. The zero-order valence-electron chi connectivity index (χ0n) is 11.7. The molecular weight excluding hydrogens is 244 g/mol. The lowest BCUT2D eigenvalue weighted by molar-refractivity contribution is 0.608. The highest BCUT2D eigenvalue weighted by molar-refractivity contribution is 5.60. The summed E-state index contributed by atoms with van der Waals surface area (Å²) < 4.78 is 0. The van der Waals surface area contributed by atoms with Gasteiger partial charge in [-0.15, -0.1) is 0 Å². The standard InChI is InChI=1S/C18H20N2/c1-4-8-18-14(5-1)10-12-20(18)13-15-9-11-19-17-7-3-2-6-16(15)17/h1-8,15,19H,9-13H2. The Labute approximate surface area is 120 Å². The first-order valence-electron chi connectivity index (χ1n) is 7.57. The largest absolute Gasteiger partial charge is 0.385 e. The van der Waals surface area contributed by atoms with Crippen LogP contribution in [0, 0.1) is 0 Å². The van der Waals surface area contributed by atoms with Crippen molar-refractivity contribution in [2.45, 2.75) is 18.8 Å². The van der Waals surface area contributed by atoms with Crippen molar-refractivity contribution in [3.8, 4) is 0 Å². The van der Waals surface area contributed by atoms with Crippen molar-refractivity contribution in [1.29, 1.82) is 0 Å². The molecule has 0 bridgehead atoms. The first-order chi connectivity index (χ1) is 9.92. The minimum Gasteiger partial charge on any atom is -0.385 e. The molecule has 0 amide bonds. The summed E-state index contributed by atoms with van der Waals surface area (Å²) in [6.45, 7) is 3.41. The van der Waals surface area contributed by atoms with E-state index >= 15 is 0 Å². The molecule has 0 saturated carbocycles. The second-order valence-electron chi connectivity index (χ2n) is 5.82. The number of hydrogen-bond acceptors (Lipinski definition) is 2. The number of hydrogen-bond donors (Lipinski definition) is 1. The van der Waals surface area contributed by atoms with Crippen molar-refractivity contribution >= 4 is 11.4 Å². The highest BCUT2D eigenvalue weighted by Gasteiger charge is 2.25. The van der Waals surface area contributed by atoms with Crippen molar-refractivity contribution < 1.29 is 0 Å². The van der Waals surface area contributed by atoms with E-state index in [1.807, 2.05) is 0 Å². The van der Waals surface area contributed by atoms with Crippen LogP contribution in [-0.2, 0) is 6.42 Å². The maximum absolute atomic E-state index is 3.52. The quantitative estimate of drug-likeness (QED) is 0.890. The molecule has 0 aliphatic carbocycles. The number of nitrogens with one attached hydrogen (secondary N) is 1. The van der Waals surface area contributed by atoms with Gasteiger partial charge in [0.2, 0.25) is 0 Å². The van der Waals surface area contributed by atoms with Crippen LogP contribution in [0.3, 0.4) is 0 Å². The molecule has 2 nitrogen and oxygen atoms in total. The van der Waals surface area contributed by atoms with Crippen LogP contribution in [0.15, 0.2) is 48.5 Å². The Bertz CT molecular complexity index is 620. The molecule has 1 unspecified atom stereocenters. The van der Waals surface area contributed by atoms with E-state index in [0.717, 1.165) is 13.1 Å². The predicted octanol–water partition coefficient (Wildman–Crippen LogP) is 3.65. The van der Waals surface area contributed by atoms with E-state index < -0.39 is 0 Å². The molecule has 102 valence electrons. The van der Waals surface area contributed by atoms with Crippen molar-refractivity contribution in [1.82, 2.24) is 0 Å². The summed E-state index contributed by atoms with van der Waals surface area (Å²) in [6.07, 6.45) is 2.43. The molecule has 2 heterocycles. The molecule has 2 aromatic rings. The molecular formula is C18H20N2. The number of benzene rings is 2. The van der Waals surface area contributed by atoms with Gasteiger partial charge in [-0.1, -0.05) is 36.4 Å². The molecule has 2 aliphatic heterocycles. The average molecular weight is 264 g/mol. The number of para-hydroxylation sites is 2. The Morgan fingerprint density at radius 3 is 2.90 bits per heavy atom. The molecule has 0 saturated heterocycles. The van der Waals surface area contributed by atoms with Crippen molar-refractivity contribution in [3.05, 3.63) is 59.7 Å². The zero-order chi connectivity index (χ0) is 13.4. The van der Waals surface area contributed by atoms with Gasteiger partial charge in [-0.25, -0.2) is 0 Å². The lowest BCUT2D eigenvalue weighted by Crippen LogP contribution is -2.30. The normalized spacial score (nSPS) is 20.2. The number of rotatable bonds is 2. The smallest absolute Gasteiger partial charge is 0.0399 e. The minimum absolute atomic E-state index is 0.651. The average Bonchev–Trinajstić information content (AvgIpc) is 2.91. The lowest BCUT2D eigenvalue weighted by atomic mass is 9.90. The fourth-order valence-corrected chi connectivity index (χ4v) is 3.60. The number of fused-ring (bicyclic) bond motifs is 2. The van der Waals surface area contributed by atoms with Gasteiger partial charge >= 0.3 is 0 Å². The van der Waals surface area contributed by atoms with Crippen LogP contribution in [0.4, 0.5) is 11.4 Å². The van der Waals surface area contributed by atoms with E-state index in [9.17, 15) is 0 Å². The van der Waals surface area contributed by atoms with Crippen LogP contribution >= 0.6 is 0 Å². The van der Waals surface area contributed by atoms with E-state index in [4.69, 9.17) is 0 Å². The SMILES string of the molecule is c1ccc2c(c1)CCN2CC1CCNc2ccccc21. The van der Waals surface area contributed by atoms with E-state index in [-0.39, 0.29) is 0 Å². The minimum atomic E-state index is 0.651. The zero-order valence-corrected chi connectivity index (χ0v) is 11.7. The lowest BCUT2D eigenvalue weighted by Gasteiger charge is -2.31. The van der Waals surface area contributed by atoms with Gasteiger partial charge < -0.3 is 10.2 Å². The first kappa shape index (κ1) is 11.8. The van der Waals surface area contributed by atoms with Gasteiger partial charge in [-0.2, -0.15) is 0 Å². The second kappa shape index (κ2) is 4.86. The third-order valence-electron chi connectivity index (χ3n) is 4.63. The van der Waals surface area contributed by atoms with E-state index in [1.54, 1.807) is 0 Å². The number of nitrogens with zero attached hydrogens (tertiary/aromatic N) is 1. The van der Waals surface area contributed by atoms with Gasteiger partial charge in [0.1, 0.15) is 0 Å². The maximum Gasteiger partial charge on any atom is 0.0399 e. The monoisotopic (exact) mass is 264 g/mol. The van der Waals surface area contributed by atoms with Crippen LogP contribution in [0.5, 0.6) is 0 Å². The van der Waals surface area contributed by atoms with Crippen LogP contribution in [0.1, 0.15) is 23.5 Å². The van der Waals surface area contributed by atoms with Crippen molar-refractivity contribution in [2.24, 2.45) is 0 Å². The second-order valence-corrected chi connectivity index (χ2v) is 5.82. The molecule has 2 aliphatic rings. The molecule has 0 fully saturated rings. The summed E-state index contributed by atoms with van der Waals surface area (Å²) in [7, 11) is 0. The fraction of sp³-hybridized carbons (Fsp3) is 0.333. The van der Waals surface area contributed by atoms with E-state index in [1.165, 1.54) is 41.9 Å². The van der Waals surface area contributed by atoms with Crippen LogP contribution in [0.25, 0.3) is 0 Å². The molecule has 0 radical (unpaired) electrons. The Morgan fingerprint density at radius 1 is 1.05 bits per heavy atom. The van der Waals surface area contributed by atoms with Crippen LogP contribution < -0.4 is 10.2 Å². The Balaban J connectivity index is 1.59. The van der Waals surface area contributed by atoms with Gasteiger partial charge in [-0.3, -0.25) is 0 Å². The summed E-state index contributed by atoms with van der Waals surface area (Å²) in [4.78, 5) is 2.57. The molecule has 1 N–H and O–H groups in total. The van der Waals surface area contributed by atoms with Crippen LogP contribution in [0.2, 0.25) is 0 Å². The summed E-state index contributed by atoms with van der Waals surface area (Å²) in [5.74, 6) is 0.651. The highest BCUT2D eigenvalue weighted by atomic mass is 15.1. The fourth-order valence-electron chi connectivity index (χ4n) is 3.60. The molecule has 20 heavy (non-hydrogen) atoms. The molecule has 1 atom stereocenters. The Kier molecular flexibility index (Phi) is 2.87. The summed E-state index contributed by atoms with van der Waals surface area (Å²) in [6, 6.07) is 17.6. The number of anilines is 2. The van der Waals surface area contributed by atoms with Gasteiger partial charge in [0, 0.05) is 36.9 Å².